The summed E-state index contributed by atoms with van der Waals surface area (Å²) in [5.41, 5.74) is 0.521. The summed E-state index contributed by atoms with van der Waals surface area (Å²) in [5, 5.41) is 40.5. The second-order valence-electron chi connectivity index (χ2n) is 8.21. The van der Waals surface area contributed by atoms with Crippen LogP contribution in [0.3, 0.4) is 0 Å². The lowest BCUT2D eigenvalue weighted by Gasteiger charge is -2.27. The second-order valence-corrected chi connectivity index (χ2v) is 9.30. The summed E-state index contributed by atoms with van der Waals surface area (Å²) in [6, 6.07) is 6.45. The van der Waals surface area contributed by atoms with Crippen molar-refractivity contribution in [2.24, 2.45) is 0 Å². The van der Waals surface area contributed by atoms with Crippen molar-refractivity contribution >= 4 is 11.8 Å². The molecule has 0 spiro atoms. The standard InChI is InChI=1S/C20H26O4S/c1-19(2,3)15-13(9-7-11(21)17(15)23)25-14-10-8-12(22)18(24)16(14)20(4,5)6/h7-10,21-24H,1-6H3. The van der Waals surface area contributed by atoms with Gasteiger partial charge in [0.15, 0.2) is 23.0 Å². The van der Waals surface area contributed by atoms with Crippen LogP contribution in [0.15, 0.2) is 34.1 Å². The lowest BCUT2D eigenvalue weighted by molar-refractivity contribution is 0.385. The van der Waals surface area contributed by atoms with Gasteiger partial charge >= 0.3 is 0 Å². The number of rotatable bonds is 2. The molecule has 0 saturated carbocycles. The first-order chi connectivity index (χ1) is 11.3. The molecule has 0 aliphatic carbocycles. The molecular weight excluding hydrogens is 336 g/mol. The van der Waals surface area contributed by atoms with Crippen LogP contribution < -0.4 is 0 Å². The highest BCUT2D eigenvalue weighted by atomic mass is 32.2. The topological polar surface area (TPSA) is 80.9 Å². The third kappa shape index (κ3) is 3.82. The van der Waals surface area contributed by atoms with Crippen LogP contribution >= 0.6 is 11.8 Å². The second kappa shape index (κ2) is 6.37. The summed E-state index contributed by atoms with van der Waals surface area (Å²) < 4.78 is 0. The van der Waals surface area contributed by atoms with Gasteiger partial charge in [0.2, 0.25) is 0 Å². The van der Waals surface area contributed by atoms with Gasteiger partial charge < -0.3 is 20.4 Å². The monoisotopic (exact) mass is 362 g/mol. The minimum atomic E-state index is -0.383. The van der Waals surface area contributed by atoms with E-state index in [1.54, 1.807) is 12.1 Å². The van der Waals surface area contributed by atoms with Crippen LogP contribution in [0.2, 0.25) is 0 Å². The molecule has 0 unspecified atom stereocenters. The Bertz CT molecular complexity index is 731. The number of hydrogen-bond donors (Lipinski definition) is 4. The number of phenolic OH excluding ortho intramolecular Hbond substituents is 4. The molecule has 0 amide bonds. The molecule has 0 radical (unpaired) electrons. The zero-order valence-electron chi connectivity index (χ0n) is 15.5. The van der Waals surface area contributed by atoms with E-state index in [2.05, 4.69) is 0 Å². The van der Waals surface area contributed by atoms with Crippen molar-refractivity contribution in [2.45, 2.75) is 62.2 Å². The molecule has 0 aliphatic heterocycles. The van der Waals surface area contributed by atoms with Gasteiger partial charge in [0.25, 0.3) is 0 Å². The minimum absolute atomic E-state index is 0.127. The van der Waals surface area contributed by atoms with Crippen molar-refractivity contribution in [3.05, 3.63) is 35.4 Å². The molecule has 0 fully saturated rings. The summed E-state index contributed by atoms with van der Waals surface area (Å²) in [6.07, 6.45) is 0. The normalized spacial score (nSPS) is 12.4. The van der Waals surface area contributed by atoms with Crippen molar-refractivity contribution in [3.8, 4) is 23.0 Å². The maximum Gasteiger partial charge on any atom is 0.162 e. The van der Waals surface area contributed by atoms with Gasteiger partial charge in [0.1, 0.15) is 0 Å². The van der Waals surface area contributed by atoms with Crippen molar-refractivity contribution in [1.29, 1.82) is 0 Å². The minimum Gasteiger partial charge on any atom is -0.504 e. The molecule has 0 bridgehead atoms. The third-order valence-corrected chi connectivity index (χ3v) is 5.08. The summed E-state index contributed by atoms with van der Waals surface area (Å²) in [4.78, 5) is 1.58. The number of aromatic hydroxyl groups is 4. The molecule has 2 rings (SSSR count). The summed E-state index contributed by atoms with van der Waals surface area (Å²) in [7, 11) is 0. The fourth-order valence-electron chi connectivity index (χ4n) is 2.86. The highest BCUT2D eigenvalue weighted by molar-refractivity contribution is 7.99. The van der Waals surface area contributed by atoms with E-state index in [0.29, 0.717) is 11.1 Å². The van der Waals surface area contributed by atoms with Crippen molar-refractivity contribution < 1.29 is 20.4 Å². The van der Waals surface area contributed by atoms with Gasteiger partial charge in [-0.15, -0.1) is 0 Å². The fourth-order valence-corrected chi connectivity index (χ4v) is 4.38. The highest BCUT2D eigenvalue weighted by Gasteiger charge is 2.28. The van der Waals surface area contributed by atoms with Gasteiger partial charge in [-0.05, 0) is 35.1 Å². The van der Waals surface area contributed by atoms with Gasteiger partial charge in [0, 0.05) is 20.9 Å². The van der Waals surface area contributed by atoms with Gasteiger partial charge in [-0.1, -0.05) is 53.3 Å². The van der Waals surface area contributed by atoms with E-state index in [4.69, 9.17) is 0 Å². The first kappa shape index (κ1) is 19.3. The van der Waals surface area contributed by atoms with Crippen LogP contribution in [-0.2, 0) is 10.8 Å². The molecule has 2 aromatic rings. The Balaban J connectivity index is 2.67. The average molecular weight is 362 g/mol. The molecule has 0 heterocycles. The molecule has 0 atom stereocenters. The van der Waals surface area contributed by atoms with Gasteiger partial charge in [-0.25, -0.2) is 0 Å². The van der Waals surface area contributed by atoms with Gasteiger partial charge in [0.05, 0.1) is 0 Å². The van der Waals surface area contributed by atoms with Gasteiger partial charge in [-0.2, -0.15) is 0 Å². The smallest absolute Gasteiger partial charge is 0.162 e. The molecular formula is C20H26O4S. The Morgan fingerprint density at radius 2 is 0.920 bits per heavy atom. The predicted molar refractivity (Wildman–Crippen MR) is 101 cm³/mol. The van der Waals surface area contributed by atoms with E-state index in [9.17, 15) is 20.4 Å². The predicted octanol–water partition coefficient (Wildman–Crippen LogP) is 5.26. The van der Waals surface area contributed by atoms with Crippen LogP contribution in [0.1, 0.15) is 52.7 Å². The number of hydrogen-bond acceptors (Lipinski definition) is 5. The molecule has 0 saturated heterocycles. The molecule has 136 valence electrons. The van der Waals surface area contributed by atoms with Gasteiger partial charge in [-0.3, -0.25) is 0 Å². The summed E-state index contributed by atoms with van der Waals surface area (Å²) in [6.45, 7) is 11.8. The number of phenols is 4. The van der Waals surface area contributed by atoms with E-state index in [-0.39, 0.29) is 33.8 Å². The number of benzene rings is 2. The van der Waals surface area contributed by atoms with E-state index in [0.717, 1.165) is 9.79 Å². The zero-order valence-corrected chi connectivity index (χ0v) is 16.3. The maximum absolute atomic E-state index is 10.4. The summed E-state index contributed by atoms with van der Waals surface area (Å²) >= 11 is 1.40. The first-order valence-electron chi connectivity index (χ1n) is 8.12. The Hall–Kier alpha value is -2.01. The van der Waals surface area contributed by atoms with E-state index in [1.165, 1.54) is 23.9 Å². The lowest BCUT2D eigenvalue weighted by Crippen LogP contribution is -2.14. The Morgan fingerprint density at radius 1 is 0.600 bits per heavy atom. The zero-order chi connectivity index (χ0) is 19.2. The molecule has 4 N–H and O–H groups in total. The third-order valence-electron chi connectivity index (χ3n) is 3.96. The molecule has 25 heavy (non-hydrogen) atoms. The highest BCUT2D eigenvalue weighted by Crippen LogP contribution is 2.49. The Morgan fingerprint density at radius 3 is 1.20 bits per heavy atom. The molecule has 0 aromatic heterocycles. The lowest BCUT2D eigenvalue weighted by atomic mass is 9.86. The summed E-state index contributed by atoms with van der Waals surface area (Å²) in [5.74, 6) is -0.562. The van der Waals surface area contributed by atoms with E-state index >= 15 is 0 Å². The Labute approximate surface area is 153 Å². The SMILES string of the molecule is CC(C)(C)c1c(Sc2ccc(O)c(O)c2C(C)(C)C)ccc(O)c1O. The quantitative estimate of drug-likeness (QED) is 0.548. The van der Waals surface area contributed by atoms with E-state index < -0.39 is 0 Å². The average Bonchev–Trinajstić information content (AvgIpc) is 2.44. The van der Waals surface area contributed by atoms with Crippen LogP contribution in [0, 0.1) is 0 Å². The maximum atomic E-state index is 10.4. The van der Waals surface area contributed by atoms with Crippen molar-refractivity contribution in [3.63, 3.8) is 0 Å². The molecule has 0 aliphatic rings. The van der Waals surface area contributed by atoms with E-state index in [1.807, 2.05) is 41.5 Å². The van der Waals surface area contributed by atoms with Crippen LogP contribution in [0.25, 0.3) is 0 Å². The molecule has 5 heteroatoms. The molecule has 2 aromatic carbocycles. The van der Waals surface area contributed by atoms with Crippen LogP contribution in [0.5, 0.6) is 23.0 Å². The fraction of sp³-hybridized carbons (Fsp3) is 0.400. The molecule has 4 nitrogen and oxygen atoms in total. The van der Waals surface area contributed by atoms with Crippen molar-refractivity contribution in [1.82, 2.24) is 0 Å². The van der Waals surface area contributed by atoms with Crippen LogP contribution in [0.4, 0.5) is 0 Å². The van der Waals surface area contributed by atoms with Crippen LogP contribution in [-0.4, -0.2) is 20.4 Å². The first-order valence-corrected chi connectivity index (χ1v) is 8.94. The Kier molecular flexibility index (Phi) is 4.92. The largest absolute Gasteiger partial charge is 0.504 e. The van der Waals surface area contributed by atoms with Crippen molar-refractivity contribution in [2.75, 3.05) is 0 Å².